The second-order valence-electron chi connectivity index (χ2n) is 3.29. The standard InChI is InChI=1S/C12H8Cl2N2O/c13-8-4-5-9(10(14)7-8)12(16-17)11-3-1-2-6-15-11/h1-7,17H/b16-12+. The predicted molar refractivity (Wildman–Crippen MR) is 68.1 cm³/mol. The highest BCUT2D eigenvalue weighted by molar-refractivity contribution is 6.37. The molecular formula is C12H8Cl2N2O. The van der Waals surface area contributed by atoms with Gasteiger partial charge in [-0.2, -0.15) is 0 Å². The Bertz CT molecular complexity index is 556. The molecule has 3 nitrogen and oxygen atoms in total. The SMILES string of the molecule is O/N=C(/c1ccccn1)c1ccc(Cl)cc1Cl. The third-order valence-corrected chi connectivity index (χ3v) is 2.74. The number of hydrogen-bond acceptors (Lipinski definition) is 3. The molecule has 0 aliphatic heterocycles. The average molecular weight is 267 g/mol. The summed E-state index contributed by atoms with van der Waals surface area (Å²) < 4.78 is 0. The maximum absolute atomic E-state index is 9.08. The van der Waals surface area contributed by atoms with E-state index in [0.717, 1.165) is 0 Å². The fraction of sp³-hybridized carbons (Fsp3) is 0. The summed E-state index contributed by atoms with van der Waals surface area (Å²) in [6.45, 7) is 0. The molecule has 0 amide bonds. The topological polar surface area (TPSA) is 45.5 Å². The number of benzene rings is 1. The number of pyridine rings is 1. The minimum atomic E-state index is 0.312. The highest BCUT2D eigenvalue weighted by Gasteiger charge is 2.12. The first-order valence-corrected chi connectivity index (χ1v) is 5.57. The second-order valence-corrected chi connectivity index (χ2v) is 4.13. The van der Waals surface area contributed by atoms with Gasteiger partial charge in [-0.15, -0.1) is 0 Å². The van der Waals surface area contributed by atoms with E-state index in [-0.39, 0.29) is 0 Å². The quantitative estimate of drug-likeness (QED) is 0.513. The number of aromatic nitrogens is 1. The van der Waals surface area contributed by atoms with Crippen LogP contribution in [0.3, 0.4) is 0 Å². The molecule has 0 aliphatic carbocycles. The van der Waals surface area contributed by atoms with Gasteiger partial charge in [-0.25, -0.2) is 0 Å². The first-order chi connectivity index (χ1) is 8.22. The summed E-state index contributed by atoms with van der Waals surface area (Å²) >= 11 is 11.9. The smallest absolute Gasteiger partial charge is 0.136 e. The summed E-state index contributed by atoms with van der Waals surface area (Å²) in [6, 6.07) is 10.3. The molecule has 1 aromatic heterocycles. The van der Waals surface area contributed by atoms with Crippen LogP contribution in [0.5, 0.6) is 0 Å². The van der Waals surface area contributed by atoms with Crippen molar-refractivity contribution in [3.63, 3.8) is 0 Å². The van der Waals surface area contributed by atoms with E-state index in [0.29, 0.717) is 27.0 Å². The molecule has 0 spiro atoms. The fourth-order valence-corrected chi connectivity index (χ4v) is 1.93. The predicted octanol–water partition coefficient (Wildman–Crippen LogP) is 3.62. The normalized spacial score (nSPS) is 11.5. The summed E-state index contributed by atoms with van der Waals surface area (Å²) in [5.74, 6) is 0. The Morgan fingerprint density at radius 1 is 1.18 bits per heavy atom. The molecule has 0 bridgehead atoms. The van der Waals surface area contributed by atoms with Crippen molar-refractivity contribution in [3.05, 3.63) is 63.9 Å². The van der Waals surface area contributed by atoms with Gasteiger partial charge in [0.05, 0.1) is 10.7 Å². The lowest BCUT2D eigenvalue weighted by atomic mass is 10.1. The molecule has 1 N–H and O–H groups in total. The van der Waals surface area contributed by atoms with E-state index in [4.69, 9.17) is 28.4 Å². The Kier molecular flexibility index (Phi) is 3.61. The molecule has 2 aromatic rings. The first-order valence-electron chi connectivity index (χ1n) is 4.81. The Balaban J connectivity index is 2.51. The summed E-state index contributed by atoms with van der Waals surface area (Å²) in [5, 5.41) is 13.3. The lowest BCUT2D eigenvalue weighted by Gasteiger charge is -2.06. The highest BCUT2D eigenvalue weighted by atomic mass is 35.5. The number of halogens is 2. The van der Waals surface area contributed by atoms with Crippen LogP contribution >= 0.6 is 23.2 Å². The molecule has 1 heterocycles. The second kappa shape index (κ2) is 5.17. The molecule has 86 valence electrons. The van der Waals surface area contributed by atoms with Crippen LogP contribution in [0.25, 0.3) is 0 Å². The maximum Gasteiger partial charge on any atom is 0.136 e. The zero-order chi connectivity index (χ0) is 12.3. The van der Waals surface area contributed by atoms with E-state index in [1.807, 2.05) is 0 Å². The monoisotopic (exact) mass is 266 g/mol. The molecule has 0 radical (unpaired) electrons. The van der Waals surface area contributed by atoms with Gasteiger partial charge in [-0.3, -0.25) is 4.98 Å². The fourth-order valence-electron chi connectivity index (χ4n) is 1.43. The van der Waals surface area contributed by atoms with Crippen molar-refractivity contribution in [1.29, 1.82) is 0 Å². The van der Waals surface area contributed by atoms with Gasteiger partial charge in [0.15, 0.2) is 0 Å². The minimum Gasteiger partial charge on any atom is -0.410 e. The van der Waals surface area contributed by atoms with Gasteiger partial charge in [-0.1, -0.05) is 34.4 Å². The Morgan fingerprint density at radius 2 is 2.00 bits per heavy atom. The van der Waals surface area contributed by atoms with Crippen molar-refractivity contribution >= 4 is 28.9 Å². The van der Waals surface area contributed by atoms with Crippen LogP contribution in [0.1, 0.15) is 11.3 Å². The van der Waals surface area contributed by atoms with E-state index in [2.05, 4.69) is 10.1 Å². The van der Waals surface area contributed by atoms with Crippen LogP contribution in [-0.4, -0.2) is 15.9 Å². The van der Waals surface area contributed by atoms with Crippen molar-refractivity contribution in [2.45, 2.75) is 0 Å². The van der Waals surface area contributed by atoms with Crippen LogP contribution in [0.2, 0.25) is 10.0 Å². The summed E-state index contributed by atoms with van der Waals surface area (Å²) in [5.41, 5.74) is 1.43. The van der Waals surface area contributed by atoms with E-state index < -0.39 is 0 Å². The molecule has 5 heteroatoms. The van der Waals surface area contributed by atoms with Gasteiger partial charge in [0, 0.05) is 16.8 Å². The zero-order valence-electron chi connectivity index (χ0n) is 8.64. The minimum absolute atomic E-state index is 0.312. The Labute approximate surface area is 108 Å². The van der Waals surface area contributed by atoms with E-state index in [9.17, 15) is 0 Å². The van der Waals surface area contributed by atoms with E-state index >= 15 is 0 Å². The largest absolute Gasteiger partial charge is 0.410 e. The molecule has 0 unspecified atom stereocenters. The lowest BCUT2D eigenvalue weighted by Crippen LogP contribution is -2.06. The third-order valence-electron chi connectivity index (χ3n) is 2.19. The molecule has 2 rings (SSSR count). The van der Waals surface area contributed by atoms with Gasteiger partial charge in [0.2, 0.25) is 0 Å². The zero-order valence-corrected chi connectivity index (χ0v) is 10.2. The van der Waals surface area contributed by atoms with Crippen molar-refractivity contribution < 1.29 is 5.21 Å². The number of rotatable bonds is 2. The van der Waals surface area contributed by atoms with Crippen molar-refractivity contribution in [3.8, 4) is 0 Å². The van der Waals surface area contributed by atoms with Crippen LogP contribution in [-0.2, 0) is 0 Å². The number of oxime groups is 1. The first kappa shape index (κ1) is 11.9. The van der Waals surface area contributed by atoms with E-state index in [1.54, 1.807) is 42.6 Å². The molecule has 0 fully saturated rings. The van der Waals surface area contributed by atoms with Gasteiger partial charge >= 0.3 is 0 Å². The van der Waals surface area contributed by atoms with Gasteiger partial charge < -0.3 is 5.21 Å². The van der Waals surface area contributed by atoms with E-state index in [1.165, 1.54) is 0 Å². The molecule has 0 aliphatic rings. The lowest BCUT2D eigenvalue weighted by molar-refractivity contribution is 0.319. The highest BCUT2D eigenvalue weighted by Crippen LogP contribution is 2.23. The summed E-state index contributed by atoms with van der Waals surface area (Å²) in [7, 11) is 0. The Hall–Kier alpha value is -1.58. The van der Waals surface area contributed by atoms with Crippen molar-refractivity contribution in [1.82, 2.24) is 4.98 Å². The van der Waals surface area contributed by atoms with Crippen molar-refractivity contribution in [2.24, 2.45) is 5.16 Å². The van der Waals surface area contributed by atoms with Crippen LogP contribution in [0.4, 0.5) is 0 Å². The van der Waals surface area contributed by atoms with Gasteiger partial charge in [0.25, 0.3) is 0 Å². The number of nitrogens with zero attached hydrogens (tertiary/aromatic N) is 2. The molecule has 17 heavy (non-hydrogen) atoms. The van der Waals surface area contributed by atoms with Gasteiger partial charge in [-0.05, 0) is 30.3 Å². The molecular weight excluding hydrogens is 259 g/mol. The van der Waals surface area contributed by atoms with Gasteiger partial charge in [0.1, 0.15) is 5.71 Å². The molecule has 0 atom stereocenters. The maximum atomic E-state index is 9.08. The molecule has 0 saturated carbocycles. The van der Waals surface area contributed by atoms with Crippen molar-refractivity contribution in [2.75, 3.05) is 0 Å². The average Bonchev–Trinajstić information content (AvgIpc) is 2.34. The van der Waals surface area contributed by atoms with Crippen LogP contribution in [0, 0.1) is 0 Å². The van der Waals surface area contributed by atoms with Crippen LogP contribution in [0.15, 0.2) is 47.8 Å². The summed E-state index contributed by atoms with van der Waals surface area (Å²) in [6.07, 6.45) is 1.62. The number of hydrogen-bond donors (Lipinski definition) is 1. The molecule has 1 aromatic carbocycles. The Morgan fingerprint density at radius 3 is 2.59 bits per heavy atom. The summed E-state index contributed by atoms with van der Waals surface area (Å²) in [4.78, 5) is 4.11. The van der Waals surface area contributed by atoms with Crippen LogP contribution < -0.4 is 0 Å². The third kappa shape index (κ3) is 2.57. The molecule has 0 saturated heterocycles.